The Labute approximate surface area is 109 Å². The summed E-state index contributed by atoms with van der Waals surface area (Å²) in [5.74, 6) is 0.175. The first-order valence-corrected chi connectivity index (χ1v) is 6.53. The number of fused-ring (bicyclic) bond motifs is 1. The normalized spacial score (nSPS) is 34.1. The summed E-state index contributed by atoms with van der Waals surface area (Å²) >= 11 is 0. The van der Waals surface area contributed by atoms with Gasteiger partial charge in [-0.15, -0.1) is 0 Å². The molecule has 2 atom stereocenters. The van der Waals surface area contributed by atoms with Gasteiger partial charge in [-0.2, -0.15) is 0 Å². The average Bonchev–Trinajstić information content (AvgIpc) is 2.67. The minimum Gasteiger partial charge on any atom is -0.352 e. The lowest BCUT2D eigenvalue weighted by molar-refractivity contribution is -0.314. The maximum absolute atomic E-state index is 5.79. The van der Waals surface area contributed by atoms with Gasteiger partial charge in [0.25, 0.3) is 0 Å². The first-order chi connectivity index (χ1) is 8.68. The number of benzene rings is 1. The third kappa shape index (κ3) is 1.30. The van der Waals surface area contributed by atoms with Crippen LogP contribution in [0.1, 0.15) is 12.0 Å². The molecule has 1 aliphatic carbocycles. The maximum atomic E-state index is 5.79. The van der Waals surface area contributed by atoms with Crippen molar-refractivity contribution in [1.29, 1.82) is 0 Å². The molecule has 0 N–H and O–H groups in total. The van der Waals surface area contributed by atoms with Gasteiger partial charge in [-0.05, 0) is 18.5 Å². The number of rotatable bonds is 3. The summed E-state index contributed by atoms with van der Waals surface area (Å²) in [4.78, 5) is 2.39. The van der Waals surface area contributed by atoms with E-state index < -0.39 is 5.79 Å². The molecule has 2 fully saturated rings. The van der Waals surface area contributed by atoms with Gasteiger partial charge < -0.3 is 14.4 Å². The zero-order chi connectivity index (χ0) is 12.8. The van der Waals surface area contributed by atoms with Gasteiger partial charge in [0.15, 0.2) is 5.79 Å². The van der Waals surface area contributed by atoms with Crippen LogP contribution in [-0.2, 0) is 14.9 Å². The van der Waals surface area contributed by atoms with Crippen molar-refractivity contribution < 1.29 is 9.47 Å². The van der Waals surface area contributed by atoms with Gasteiger partial charge in [0.1, 0.15) is 0 Å². The van der Waals surface area contributed by atoms with Crippen LogP contribution in [0.3, 0.4) is 0 Å². The molecule has 2 aliphatic rings. The van der Waals surface area contributed by atoms with Crippen LogP contribution < -0.4 is 0 Å². The summed E-state index contributed by atoms with van der Waals surface area (Å²) in [6, 6.07) is 10.7. The Balaban J connectivity index is 2.09. The molecular formula is C15H21NO2. The molecule has 3 rings (SSSR count). The molecule has 0 bridgehead atoms. The molecule has 1 aliphatic heterocycles. The van der Waals surface area contributed by atoms with Gasteiger partial charge in [-0.25, -0.2) is 0 Å². The predicted octanol–water partition coefficient (Wildman–Crippen LogP) is 1.88. The van der Waals surface area contributed by atoms with Gasteiger partial charge >= 0.3 is 0 Å². The molecule has 1 heterocycles. The number of hydrogen-bond acceptors (Lipinski definition) is 3. The molecule has 3 nitrogen and oxygen atoms in total. The summed E-state index contributed by atoms with van der Waals surface area (Å²) in [6.45, 7) is 2.13. The lowest BCUT2D eigenvalue weighted by atomic mass is 9.53. The van der Waals surface area contributed by atoms with E-state index in [4.69, 9.17) is 9.47 Å². The van der Waals surface area contributed by atoms with Crippen LogP contribution >= 0.6 is 0 Å². The number of nitrogens with zero attached hydrogens (tertiary/aromatic N) is 1. The monoisotopic (exact) mass is 247 g/mol. The van der Waals surface area contributed by atoms with E-state index in [1.807, 2.05) is 0 Å². The maximum Gasteiger partial charge on any atom is 0.179 e. The Morgan fingerprint density at radius 3 is 2.39 bits per heavy atom. The number of likely N-dealkylation sites (N-methyl/N-ethyl adjacent to an activating group) is 1. The molecule has 1 aromatic carbocycles. The van der Waals surface area contributed by atoms with Crippen LogP contribution in [0.15, 0.2) is 30.3 Å². The third-order valence-electron chi connectivity index (χ3n) is 4.89. The molecule has 0 unspecified atom stereocenters. The Morgan fingerprint density at radius 1 is 1.17 bits per heavy atom. The molecule has 98 valence electrons. The highest BCUT2D eigenvalue weighted by molar-refractivity contribution is 5.38. The zero-order valence-corrected chi connectivity index (χ0v) is 11.3. The summed E-state index contributed by atoms with van der Waals surface area (Å²) in [5.41, 5.74) is 1.33. The van der Waals surface area contributed by atoms with Crippen molar-refractivity contribution in [3.05, 3.63) is 35.9 Å². The fourth-order valence-corrected chi connectivity index (χ4v) is 4.09. The van der Waals surface area contributed by atoms with Crippen molar-refractivity contribution in [3.63, 3.8) is 0 Å². The van der Waals surface area contributed by atoms with E-state index in [-0.39, 0.29) is 5.41 Å². The molecule has 1 saturated heterocycles. The molecule has 1 saturated carbocycles. The van der Waals surface area contributed by atoms with Crippen molar-refractivity contribution in [1.82, 2.24) is 4.90 Å². The smallest absolute Gasteiger partial charge is 0.179 e. The van der Waals surface area contributed by atoms with Crippen molar-refractivity contribution in [3.8, 4) is 0 Å². The van der Waals surface area contributed by atoms with E-state index in [1.165, 1.54) is 5.56 Å². The third-order valence-corrected chi connectivity index (χ3v) is 4.89. The Hall–Kier alpha value is -0.900. The molecule has 18 heavy (non-hydrogen) atoms. The second-order valence-corrected chi connectivity index (χ2v) is 5.60. The highest BCUT2D eigenvalue weighted by Crippen LogP contribution is 2.61. The van der Waals surface area contributed by atoms with Gasteiger partial charge in [0, 0.05) is 33.7 Å². The summed E-state index contributed by atoms with van der Waals surface area (Å²) in [6.07, 6.45) is 0.985. The number of ether oxygens (including phenoxy) is 2. The van der Waals surface area contributed by atoms with Crippen LogP contribution in [-0.4, -0.2) is 45.0 Å². The second kappa shape index (κ2) is 4.05. The molecular weight excluding hydrogens is 226 g/mol. The van der Waals surface area contributed by atoms with E-state index in [0.29, 0.717) is 5.92 Å². The fraction of sp³-hybridized carbons (Fsp3) is 0.600. The van der Waals surface area contributed by atoms with Crippen LogP contribution in [0.25, 0.3) is 0 Å². The highest BCUT2D eigenvalue weighted by Gasteiger charge is 2.70. The average molecular weight is 247 g/mol. The van der Waals surface area contributed by atoms with E-state index in [1.54, 1.807) is 14.2 Å². The Bertz CT molecular complexity index is 429. The van der Waals surface area contributed by atoms with Crippen LogP contribution in [0.4, 0.5) is 0 Å². The topological polar surface area (TPSA) is 21.7 Å². The lowest BCUT2D eigenvalue weighted by Crippen LogP contribution is -2.68. The largest absolute Gasteiger partial charge is 0.352 e. The molecule has 0 aromatic heterocycles. The Kier molecular flexibility index (Phi) is 2.73. The van der Waals surface area contributed by atoms with Crippen LogP contribution in [0.2, 0.25) is 0 Å². The standard InChI is InChI=1S/C15H21NO2/c1-16-10-13-9-15(17-2,18-3)14(13,11-16)12-7-5-4-6-8-12/h4-8,13H,9-11H2,1-3H3/t13-,14-/m1/s1. The van der Waals surface area contributed by atoms with E-state index in [0.717, 1.165) is 19.5 Å². The van der Waals surface area contributed by atoms with E-state index in [2.05, 4.69) is 42.3 Å². The second-order valence-electron chi connectivity index (χ2n) is 5.60. The quantitative estimate of drug-likeness (QED) is 0.761. The van der Waals surface area contributed by atoms with Gasteiger partial charge in [-0.3, -0.25) is 0 Å². The number of methoxy groups -OCH3 is 2. The minimum atomic E-state index is -0.455. The van der Waals surface area contributed by atoms with E-state index >= 15 is 0 Å². The van der Waals surface area contributed by atoms with Gasteiger partial charge in [0.2, 0.25) is 0 Å². The van der Waals surface area contributed by atoms with Gasteiger partial charge in [-0.1, -0.05) is 30.3 Å². The Morgan fingerprint density at radius 2 is 1.83 bits per heavy atom. The first-order valence-electron chi connectivity index (χ1n) is 6.53. The van der Waals surface area contributed by atoms with Crippen molar-refractivity contribution in [2.75, 3.05) is 34.4 Å². The van der Waals surface area contributed by atoms with Gasteiger partial charge in [0.05, 0.1) is 5.41 Å². The van der Waals surface area contributed by atoms with Crippen molar-refractivity contribution in [2.45, 2.75) is 17.6 Å². The molecule has 0 radical (unpaired) electrons. The lowest BCUT2D eigenvalue weighted by Gasteiger charge is -2.59. The molecule has 0 amide bonds. The summed E-state index contributed by atoms with van der Waals surface area (Å²) < 4.78 is 11.6. The van der Waals surface area contributed by atoms with Crippen LogP contribution in [0.5, 0.6) is 0 Å². The number of hydrogen-bond donors (Lipinski definition) is 0. The minimum absolute atomic E-state index is 0.00743. The van der Waals surface area contributed by atoms with Crippen molar-refractivity contribution >= 4 is 0 Å². The SMILES string of the molecule is COC1(OC)C[C@@H]2CN(C)C[C@@]21c1ccccc1. The van der Waals surface area contributed by atoms with E-state index in [9.17, 15) is 0 Å². The highest BCUT2D eigenvalue weighted by atomic mass is 16.7. The zero-order valence-electron chi connectivity index (χ0n) is 11.3. The number of likely N-dealkylation sites (tertiary alicyclic amines) is 1. The first kappa shape index (κ1) is 12.2. The molecule has 3 heteroatoms. The predicted molar refractivity (Wildman–Crippen MR) is 70.5 cm³/mol. The summed E-state index contributed by atoms with van der Waals surface area (Å²) in [5, 5.41) is 0. The summed E-state index contributed by atoms with van der Waals surface area (Å²) in [7, 11) is 5.71. The van der Waals surface area contributed by atoms with Crippen molar-refractivity contribution in [2.24, 2.45) is 5.92 Å². The fourth-order valence-electron chi connectivity index (χ4n) is 4.09. The molecule has 0 spiro atoms. The van der Waals surface area contributed by atoms with Crippen LogP contribution in [0, 0.1) is 5.92 Å². The molecule has 1 aromatic rings.